The third-order valence-corrected chi connectivity index (χ3v) is 5.12. The number of non-ortho nitro benzene ring substituents is 1. The van der Waals surface area contributed by atoms with Crippen LogP contribution in [-0.2, 0) is 13.7 Å². The summed E-state index contributed by atoms with van der Waals surface area (Å²) in [7, 11) is 1.86. The molecule has 156 valence electrons. The van der Waals surface area contributed by atoms with Gasteiger partial charge in [0.1, 0.15) is 12.4 Å². The predicted molar refractivity (Wildman–Crippen MR) is 113 cm³/mol. The number of ether oxygens (including phenoxy) is 1. The Morgan fingerprint density at radius 3 is 2.57 bits per heavy atom. The normalized spacial score (nSPS) is 11.7. The predicted octanol–water partition coefficient (Wildman–Crippen LogP) is 4.36. The van der Waals surface area contributed by atoms with E-state index in [1.165, 1.54) is 18.2 Å². The van der Waals surface area contributed by atoms with Gasteiger partial charge in [0.2, 0.25) is 0 Å². The fourth-order valence-electron chi connectivity index (χ4n) is 2.93. The Morgan fingerprint density at radius 1 is 1.30 bits per heavy atom. The number of amides is 1. The van der Waals surface area contributed by atoms with Crippen LogP contribution in [0.2, 0.25) is 5.02 Å². The van der Waals surface area contributed by atoms with Gasteiger partial charge in [0.15, 0.2) is 0 Å². The molecule has 0 bridgehead atoms. The summed E-state index contributed by atoms with van der Waals surface area (Å²) in [6.07, 6.45) is 1.75. The molecule has 0 radical (unpaired) electrons. The smallest absolute Gasteiger partial charge is 0.271 e. The maximum absolute atomic E-state index is 12.5. The maximum atomic E-state index is 12.5. The van der Waals surface area contributed by atoms with Gasteiger partial charge in [0.05, 0.1) is 22.2 Å². The Balaban J connectivity index is 1.60. The van der Waals surface area contributed by atoms with Crippen LogP contribution in [0.3, 0.4) is 0 Å². The quantitative estimate of drug-likeness (QED) is 0.445. The van der Waals surface area contributed by atoms with E-state index < -0.39 is 4.92 Å². The van der Waals surface area contributed by atoms with E-state index in [-0.39, 0.29) is 29.3 Å². The molecule has 0 aliphatic carbocycles. The zero-order valence-corrected chi connectivity index (χ0v) is 17.5. The molecule has 0 spiro atoms. The Labute approximate surface area is 178 Å². The highest BCUT2D eigenvalue weighted by Gasteiger charge is 2.16. The van der Waals surface area contributed by atoms with Gasteiger partial charge in [-0.25, -0.2) is 0 Å². The molecule has 0 saturated carbocycles. The summed E-state index contributed by atoms with van der Waals surface area (Å²) < 4.78 is 7.40. The van der Waals surface area contributed by atoms with Gasteiger partial charge in [-0.05, 0) is 37.6 Å². The number of carbonyl (C=O) groups is 1. The molecule has 0 aliphatic rings. The van der Waals surface area contributed by atoms with Gasteiger partial charge in [0.25, 0.3) is 11.6 Å². The molecule has 1 aromatic heterocycles. The molecule has 1 amide bonds. The molecule has 30 heavy (non-hydrogen) atoms. The van der Waals surface area contributed by atoms with Crippen molar-refractivity contribution in [2.24, 2.45) is 7.05 Å². The summed E-state index contributed by atoms with van der Waals surface area (Å²) in [5, 5.41) is 18.1. The summed E-state index contributed by atoms with van der Waals surface area (Å²) in [5.41, 5.74) is 3.23. The molecule has 0 fully saturated rings. The van der Waals surface area contributed by atoms with Crippen LogP contribution < -0.4 is 10.1 Å². The van der Waals surface area contributed by atoms with Crippen molar-refractivity contribution in [1.29, 1.82) is 0 Å². The van der Waals surface area contributed by atoms with Crippen LogP contribution in [0.5, 0.6) is 5.75 Å². The van der Waals surface area contributed by atoms with Crippen LogP contribution in [0, 0.1) is 17.0 Å². The summed E-state index contributed by atoms with van der Waals surface area (Å²) in [6.45, 7) is 4.08. The molecule has 9 heteroatoms. The van der Waals surface area contributed by atoms with E-state index in [4.69, 9.17) is 16.3 Å². The minimum Gasteiger partial charge on any atom is -0.487 e. The van der Waals surface area contributed by atoms with Crippen molar-refractivity contribution in [3.05, 3.63) is 86.2 Å². The molecular formula is C21H21ClN4O4. The number of nitrogens with zero attached hydrogens (tertiary/aromatic N) is 3. The molecular weight excluding hydrogens is 408 g/mol. The highest BCUT2D eigenvalue weighted by atomic mass is 35.5. The van der Waals surface area contributed by atoms with E-state index in [0.717, 1.165) is 16.8 Å². The average molecular weight is 429 g/mol. The summed E-state index contributed by atoms with van der Waals surface area (Å²) in [6, 6.07) is 10.9. The Bertz CT molecular complexity index is 1080. The van der Waals surface area contributed by atoms with Crippen molar-refractivity contribution in [1.82, 2.24) is 15.1 Å². The first kappa shape index (κ1) is 21.3. The molecule has 3 aromatic rings. The van der Waals surface area contributed by atoms with E-state index >= 15 is 0 Å². The van der Waals surface area contributed by atoms with Crippen LogP contribution in [-0.4, -0.2) is 20.6 Å². The number of halogens is 1. The molecule has 1 heterocycles. The highest BCUT2D eigenvalue weighted by molar-refractivity contribution is 6.32. The molecule has 0 aliphatic heterocycles. The zero-order valence-electron chi connectivity index (χ0n) is 16.8. The standard InChI is InChI=1S/C21H21ClN4O4/c1-13(18-11-23-25(3)14(18)2)24-21(27)16-6-4-15(5-7-16)12-30-20-9-8-17(26(28)29)10-19(20)22/h4-11,13H,12H2,1-3H3,(H,24,27). The number of aryl methyl sites for hydroxylation is 1. The van der Waals surface area contributed by atoms with Gasteiger partial charge in [-0.15, -0.1) is 0 Å². The summed E-state index contributed by atoms with van der Waals surface area (Å²) in [5.74, 6) is 0.168. The number of nitro groups is 1. The SMILES string of the molecule is Cc1c(C(C)NC(=O)c2ccc(COc3ccc([N+](=O)[O-])cc3Cl)cc2)cnn1C. The fraction of sp³-hybridized carbons (Fsp3) is 0.238. The Morgan fingerprint density at radius 2 is 2.00 bits per heavy atom. The number of nitro benzene ring substituents is 1. The number of carbonyl (C=O) groups excluding carboxylic acids is 1. The van der Waals surface area contributed by atoms with E-state index in [0.29, 0.717) is 11.3 Å². The maximum Gasteiger partial charge on any atom is 0.271 e. The molecule has 1 atom stereocenters. The van der Waals surface area contributed by atoms with Crippen LogP contribution in [0.25, 0.3) is 0 Å². The summed E-state index contributed by atoms with van der Waals surface area (Å²) in [4.78, 5) is 22.8. The first-order chi connectivity index (χ1) is 14.3. The second-order valence-electron chi connectivity index (χ2n) is 6.86. The zero-order chi connectivity index (χ0) is 21.8. The van der Waals surface area contributed by atoms with Crippen molar-refractivity contribution in [3.63, 3.8) is 0 Å². The van der Waals surface area contributed by atoms with Gasteiger partial charge < -0.3 is 10.1 Å². The van der Waals surface area contributed by atoms with Gasteiger partial charge in [-0.1, -0.05) is 23.7 Å². The monoisotopic (exact) mass is 428 g/mol. The fourth-order valence-corrected chi connectivity index (χ4v) is 3.16. The third-order valence-electron chi connectivity index (χ3n) is 4.82. The van der Waals surface area contributed by atoms with E-state index in [9.17, 15) is 14.9 Å². The van der Waals surface area contributed by atoms with Crippen molar-refractivity contribution < 1.29 is 14.5 Å². The first-order valence-corrected chi connectivity index (χ1v) is 9.59. The van der Waals surface area contributed by atoms with Gasteiger partial charge in [-0.2, -0.15) is 5.10 Å². The number of hydrogen-bond donors (Lipinski definition) is 1. The van der Waals surface area contributed by atoms with Crippen molar-refractivity contribution in [2.45, 2.75) is 26.5 Å². The van der Waals surface area contributed by atoms with Crippen LogP contribution in [0.15, 0.2) is 48.7 Å². The van der Waals surface area contributed by atoms with Gasteiger partial charge in [0, 0.05) is 36.0 Å². The van der Waals surface area contributed by atoms with E-state index in [1.54, 1.807) is 35.1 Å². The molecule has 2 aromatic carbocycles. The Kier molecular flexibility index (Phi) is 6.37. The van der Waals surface area contributed by atoms with E-state index in [2.05, 4.69) is 10.4 Å². The number of nitrogens with one attached hydrogen (secondary N) is 1. The Hall–Kier alpha value is -3.39. The van der Waals surface area contributed by atoms with Crippen molar-refractivity contribution >= 4 is 23.2 Å². The topological polar surface area (TPSA) is 99.3 Å². The van der Waals surface area contributed by atoms with Crippen LogP contribution in [0.4, 0.5) is 5.69 Å². The number of hydrogen-bond acceptors (Lipinski definition) is 5. The summed E-state index contributed by atoms with van der Waals surface area (Å²) >= 11 is 6.03. The van der Waals surface area contributed by atoms with Crippen molar-refractivity contribution in [3.8, 4) is 5.75 Å². The second kappa shape index (κ2) is 8.96. The van der Waals surface area contributed by atoms with Crippen LogP contribution >= 0.6 is 11.6 Å². The van der Waals surface area contributed by atoms with Crippen molar-refractivity contribution in [2.75, 3.05) is 0 Å². The minimum absolute atomic E-state index is 0.0987. The van der Waals surface area contributed by atoms with Gasteiger partial charge >= 0.3 is 0 Å². The molecule has 0 saturated heterocycles. The lowest BCUT2D eigenvalue weighted by molar-refractivity contribution is -0.384. The molecule has 1 N–H and O–H groups in total. The lowest BCUT2D eigenvalue weighted by atomic mass is 10.1. The highest BCUT2D eigenvalue weighted by Crippen LogP contribution is 2.29. The number of rotatable bonds is 7. The number of aromatic nitrogens is 2. The average Bonchev–Trinajstić information content (AvgIpc) is 3.06. The number of benzene rings is 2. The molecule has 3 rings (SSSR count). The first-order valence-electron chi connectivity index (χ1n) is 9.21. The van der Waals surface area contributed by atoms with E-state index in [1.807, 2.05) is 20.9 Å². The second-order valence-corrected chi connectivity index (χ2v) is 7.27. The minimum atomic E-state index is -0.518. The van der Waals surface area contributed by atoms with Gasteiger partial charge in [-0.3, -0.25) is 19.6 Å². The lowest BCUT2D eigenvalue weighted by Gasteiger charge is -2.14. The van der Waals surface area contributed by atoms with Crippen LogP contribution in [0.1, 0.15) is 40.1 Å². The molecule has 8 nitrogen and oxygen atoms in total. The lowest BCUT2D eigenvalue weighted by Crippen LogP contribution is -2.26. The largest absolute Gasteiger partial charge is 0.487 e. The third kappa shape index (κ3) is 4.77. The molecule has 1 unspecified atom stereocenters.